The number of Topliss-reactive ketones (excluding diaryl/α,β-unsaturated/α-hetero) is 1. The van der Waals surface area contributed by atoms with Gasteiger partial charge in [0.05, 0.1) is 5.75 Å². The summed E-state index contributed by atoms with van der Waals surface area (Å²) < 4.78 is 1.06. The highest BCUT2D eigenvalue weighted by Gasteiger charge is 2.05. The van der Waals surface area contributed by atoms with Crippen LogP contribution in [0.1, 0.15) is 18.4 Å². The zero-order valence-electron chi connectivity index (χ0n) is 11.2. The molecule has 104 valence electrons. The molecule has 0 unspecified atom stereocenters. The minimum Gasteiger partial charge on any atom is -0.299 e. The molecule has 0 aliphatic rings. The fourth-order valence-electron chi connectivity index (χ4n) is 1.93. The second kappa shape index (κ2) is 8.28. The normalized spacial score (nSPS) is 10.4. The van der Waals surface area contributed by atoms with Gasteiger partial charge in [-0.05, 0) is 46.5 Å². The zero-order chi connectivity index (χ0) is 14.2. The molecule has 0 amide bonds. The number of thioether (sulfide) groups is 1. The molecular weight excluding hydrogens is 332 g/mol. The first-order chi connectivity index (χ1) is 9.75. The number of hydrogen-bond acceptors (Lipinski definition) is 2. The van der Waals surface area contributed by atoms with Crippen LogP contribution < -0.4 is 0 Å². The summed E-state index contributed by atoms with van der Waals surface area (Å²) in [6, 6.07) is 18.3. The molecular formula is C17H17BrOS. The monoisotopic (exact) mass is 348 g/mol. The molecule has 3 heteroatoms. The maximum atomic E-state index is 11.9. The van der Waals surface area contributed by atoms with Gasteiger partial charge >= 0.3 is 0 Å². The third-order valence-corrected chi connectivity index (χ3v) is 5.08. The van der Waals surface area contributed by atoms with Crippen molar-refractivity contribution in [2.24, 2.45) is 0 Å². The Morgan fingerprint density at radius 1 is 1.00 bits per heavy atom. The Morgan fingerprint density at radius 2 is 1.70 bits per heavy atom. The summed E-state index contributed by atoms with van der Waals surface area (Å²) in [5, 5.41) is 0. The van der Waals surface area contributed by atoms with Crippen LogP contribution in [-0.4, -0.2) is 11.5 Å². The van der Waals surface area contributed by atoms with Crippen molar-refractivity contribution in [3.63, 3.8) is 0 Å². The molecule has 0 saturated carbocycles. The van der Waals surface area contributed by atoms with Crippen LogP contribution in [0.25, 0.3) is 0 Å². The van der Waals surface area contributed by atoms with Crippen molar-refractivity contribution < 1.29 is 4.79 Å². The SMILES string of the molecule is O=C(CCCc1ccccc1)CSc1ccccc1Br. The molecule has 20 heavy (non-hydrogen) atoms. The standard InChI is InChI=1S/C17H17BrOS/c18-16-11-4-5-12-17(16)20-13-15(19)10-6-9-14-7-2-1-3-8-14/h1-5,7-8,11-12H,6,9-10,13H2. The predicted molar refractivity (Wildman–Crippen MR) is 89.3 cm³/mol. The van der Waals surface area contributed by atoms with Gasteiger partial charge in [0.1, 0.15) is 5.78 Å². The van der Waals surface area contributed by atoms with Crippen molar-refractivity contribution in [1.29, 1.82) is 0 Å². The van der Waals surface area contributed by atoms with Gasteiger partial charge in [0, 0.05) is 15.8 Å². The molecule has 0 radical (unpaired) electrons. The lowest BCUT2D eigenvalue weighted by Gasteiger charge is -2.04. The average molecular weight is 349 g/mol. The number of aryl methyl sites for hydroxylation is 1. The van der Waals surface area contributed by atoms with Crippen molar-refractivity contribution >= 4 is 33.5 Å². The van der Waals surface area contributed by atoms with Crippen molar-refractivity contribution in [2.45, 2.75) is 24.2 Å². The second-order valence-corrected chi connectivity index (χ2v) is 6.47. The smallest absolute Gasteiger partial charge is 0.143 e. The van der Waals surface area contributed by atoms with E-state index >= 15 is 0 Å². The number of ketones is 1. The van der Waals surface area contributed by atoms with Crippen molar-refractivity contribution in [1.82, 2.24) is 0 Å². The van der Waals surface area contributed by atoms with Crippen LogP contribution in [0.15, 0.2) is 64.0 Å². The molecule has 2 aromatic rings. The van der Waals surface area contributed by atoms with Crippen LogP contribution in [0.2, 0.25) is 0 Å². The van der Waals surface area contributed by atoms with Gasteiger partial charge in [0.15, 0.2) is 0 Å². The summed E-state index contributed by atoms with van der Waals surface area (Å²) in [4.78, 5) is 13.0. The number of halogens is 1. The van der Waals surface area contributed by atoms with E-state index < -0.39 is 0 Å². The Morgan fingerprint density at radius 3 is 2.45 bits per heavy atom. The average Bonchev–Trinajstić information content (AvgIpc) is 2.47. The van der Waals surface area contributed by atoms with E-state index in [-0.39, 0.29) is 0 Å². The minimum atomic E-state index is 0.321. The first-order valence-electron chi connectivity index (χ1n) is 6.68. The molecule has 0 saturated heterocycles. The summed E-state index contributed by atoms with van der Waals surface area (Å²) in [5.41, 5.74) is 1.30. The Hall–Kier alpha value is -1.06. The molecule has 0 bridgehead atoms. The molecule has 0 spiro atoms. The Bertz CT molecular complexity index is 554. The van der Waals surface area contributed by atoms with Gasteiger partial charge < -0.3 is 0 Å². The molecule has 0 aromatic heterocycles. The first kappa shape index (κ1) is 15.3. The summed E-state index contributed by atoms with van der Waals surface area (Å²) >= 11 is 5.10. The third-order valence-electron chi connectivity index (χ3n) is 2.99. The van der Waals surface area contributed by atoms with E-state index in [0.29, 0.717) is 18.0 Å². The van der Waals surface area contributed by atoms with Gasteiger partial charge in [-0.15, -0.1) is 11.8 Å². The van der Waals surface area contributed by atoms with Gasteiger partial charge in [-0.25, -0.2) is 0 Å². The molecule has 0 N–H and O–H groups in total. The number of rotatable bonds is 7. The Balaban J connectivity index is 1.70. The maximum absolute atomic E-state index is 11.9. The topological polar surface area (TPSA) is 17.1 Å². The Kier molecular flexibility index (Phi) is 6.34. The molecule has 0 aliphatic heterocycles. The van der Waals surface area contributed by atoms with Gasteiger partial charge in [-0.2, -0.15) is 0 Å². The lowest BCUT2D eigenvalue weighted by molar-refractivity contribution is -0.116. The minimum absolute atomic E-state index is 0.321. The van der Waals surface area contributed by atoms with Crippen molar-refractivity contribution in [3.8, 4) is 0 Å². The number of benzene rings is 2. The van der Waals surface area contributed by atoms with Crippen LogP contribution in [-0.2, 0) is 11.2 Å². The lowest BCUT2D eigenvalue weighted by Crippen LogP contribution is -2.02. The zero-order valence-corrected chi connectivity index (χ0v) is 13.6. The quantitative estimate of drug-likeness (QED) is 0.645. The van der Waals surface area contributed by atoms with Gasteiger partial charge in [-0.1, -0.05) is 42.5 Å². The summed E-state index contributed by atoms with van der Waals surface area (Å²) in [6.07, 6.45) is 2.57. The van der Waals surface area contributed by atoms with Crippen LogP contribution in [0.5, 0.6) is 0 Å². The van der Waals surface area contributed by atoms with E-state index in [2.05, 4.69) is 28.1 Å². The Labute approximate surface area is 132 Å². The van der Waals surface area contributed by atoms with Crippen LogP contribution in [0, 0.1) is 0 Å². The van der Waals surface area contributed by atoms with Crippen LogP contribution >= 0.6 is 27.7 Å². The molecule has 0 fully saturated rings. The summed E-state index contributed by atoms with van der Waals surface area (Å²) in [5.74, 6) is 0.874. The molecule has 2 aromatic carbocycles. The van der Waals surface area contributed by atoms with Gasteiger partial charge in [0.25, 0.3) is 0 Å². The number of carbonyl (C=O) groups excluding carboxylic acids is 1. The molecule has 0 heterocycles. The number of hydrogen-bond donors (Lipinski definition) is 0. The second-order valence-electron chi connectivity index (χ2n) is 4.60. The lowest BCUT2D eigenvalue weighted by atomic mass is 10.1. The molecule has 0 atom stereocenters. The van der Waals surface area contributed by atoms with Gasteiger partial charge in [-0.3, -0.25) is 4.79 Å². The molecule has 2 rings (SSSR count). The van der Waals surface area contributed by atoms with Crippen LogP contribution in [0.3, 0.4) is 0 Å². The molecule has 0 aliphatic carbocycles. The summed E-state index contributed by atoms with van der Waals surface area (Å²) in [6.45, 7) is 0. The van der Waals surface area contributed by atoms with Crippen LogP contribution in [0.4, 0.5) is 0 Å². The van der Waals surface area contributed by atoms with Gasteiger partial charge in [0.2, 0.25) is 0 Å². The van der Waals surface area contributed by atoms with Crippen molar-refractivity contribution in [2.75, 3.05) is 5.75 Å². The first-order valence-corrected chi connectivity index (χ1v) is 8.46. The van der Waals surface area contributed by atoms with E-state index in [1.807, 2.05) is 42.5 Å². The summed E-state index contributed by atoms with van der Waals surface area (Å²) in [7, 11) is 0. The fourth-order valence-corrected chi connectivity index (χ4v) is 3.40. The van der Waals surface area contributed by atoms with E-state index in [1.54, 1.807) is 11.8 Å². The van der Waals surface area contributed by atoms with E-state index in [4.69, 9.17) is 0 Å². The van der Waals surface area contributed by atoms with Crippen molar-refractivity contribution in [3.05, 3.63) is 64.6 Å². The highest BCUT2D eigenvalue weighted by molar-refractivity contribution is 9.10. The largest absolute Gasteiger partial charge is 0.299 e. The fraction of sp³-hybridized carbons (Fsp3) is 0.235. The molecule has 1 nitrogen and oxygen atoms in total. The third kappa shape index (κ3) is 5.14. The van der Waals surface area contributed by atoms with E-state index in [0.717, 1.165) is 22.2 Å². The predicted octanol–water partition coefficient (Wildman–Crippen LogP) is 5.13. The maximum Gasteiger partial charge on any atom is 0.143 e. The van der Waals surface area contributed by atoms with E-state index in [9.17, 15) is 4.79 Å². The number of carbonyl (C=O) groups is 1. The highest BCUT2D eigenvalue weighted by atomic mass is 79.9. The highest BCUT2D eigenvalue weighted by Crippen LogP contribution is 2.27. The van der Waals surface area contributed by atoms with E-state index in [1.165, 1.54) is 5.56 Å².